The molecule has 198 valence electrons. The van der Waals surface area contributed by atoms with E-state index in [2.05, 4.69) is 42.4 Å². The van der Waals surface area contributed by atoms with E-state index in [1.165, 1.54) is 23.2 Å². The lowest BCUT2D eigenvalue weighted by atomic mass is 9.94. The quantitative estimate of drug-likeness (QED) is 0.266. The molecule has 2 amide bonds. The van der Waals surface area contributed by atoms with Gasteiger partial charge in [0.2, 0.25) is 5.88 Å². The van der Waals surface area contributed by atoms with Crippen LogP contribution in [0, 0.1) is 0 Å². The number of rotatable bonds is 9. The smallest absolute Gasteiger partial charge is 0.259 e. The summed E-state index contributed by atoms with van der Waals surface area (Å²) in [5, 5.41) is 10.1. The Labute approximate surface area is 229 Å². The van der Waals surface area contributed by atoms with E-state index in [4.69, 9.17) is 4.74 Å². The minimum absolute atomic E-state index is 0.0122. The van der Waals surface area contributed by atoms with Crippen LogP contribution < -0.4 is 15.4 Å². The topological polar surface area (TPSA) is 136 Å². The zero-order valence-corrected chi connectivity index (χ0v) is 21.3. The minimum Gasteiger partial charge on any atom is -0.438 e. The van der Waals surface area contributed by atoms with Crippen molar-refractivity contribution in [3.05, 3.63) is 102 Å². The van der Waals surface area contributed by atoms with Crippen LogP contribution in [0.4, 0.5) is 11.5 Å². The number of nitrogens with zero attached hydrogens (tertiary/aromatic N) is 6. The molecule has 0 spiro atoms. The van der Waals surface area contributed by atoms with Gasteiger partial charge in [-0.3, -0.25) is 9.59 Å². The Morgan fingerprint density at radius 2 is 1.77 bits per heavy atom. The predicted molar refractivity (Wildman–Crippen MR) is 149 cm³/mol. The number of benzene rings is 2. The number of fused-ring (bicyclic) bond motifs is 1. The van der Waals surface area contributed by atoms with Crippen molar-refractivity contribution in [2.24, 2.45) is 4.99 Å². The Bertz CT molecular complexity index is 1730. The van der Waals surface area contributed by atoms with E-state index in [1.54, 1.807) is 48.7 Å². The number of carbonyl (C=O) groups is 2. The molecule has 6 rings (SSSR count). The van der Waals surface area contributed by atoms with Gasteiger partial charge in [-0.05, 0) is 55.5 Å². The van der Waals surface area contributed by atoms with E-state index in [-0.39, 0.29) is 17.2 Å². The number of hydrogen-bond donors (Lipinski definition) is 2. The molecule has 0 bridgehead atoms. The largest absolute Gasteiger partial charge is 0.438 e. The normalized spacial score (nSPS) is 13.4. The van der Waals surface area contributed by atoms with Crippen LogP contribution >= 0.6 is 0 Å². The van der Waals surface area contributed by atoms with E-state index >= 15 is 0 Å². The Hall–Kier alpha value is -5.45. The van der Waals surface area contributed by atoms with Crippen LogP contribution in [-0.4, -0.2) is 49.6 Å². The standard InChI is InChI=1S/C29H24N8O3/c1-30-17-29(10-11-29)21-5-2-4-19(12-21)27(38)33-22-6-3-7-23(13-22)40-26-9-8-25-34-24(16-37(25)36-26)35-28(39)20-14-31-18-32-15-20/h2-9,12-16,18H,1,10-11,17H2,(H,33,38)(H,35,39). The Balaban J connectivity index is 1.13. The minimum atomic E-state index is -0.383. The van der Waals surface area contributed by atoms with Gasteiger partial charge in [0.05, 0.1) is 11.8 Å². The molecule has 3 heterocycles. The fourth-order valence-corrected chi connectivity index (χ4v) is 4.44. The first-order chi connectivity index (χ1) is 19.5. The zero-order chi connectivity index (χ0) is 27.5. The van der Waals surface area contributed by atoms with Gasteiger partial charge in [-0.1, -0.05) is 18.2 Å². The molecule has 2 aromatic carbocycles. The number of nitrogens with one attached hydrogen (secondary N) is 2. The van der Waals surface area contributed by atoms with Gasteiger partial charge < -0.3 is 20.4 Å². The van der Waals surface area contributed by atoms with Crippen LogP contribution in [-0.2, 0) is 5.41 Å². The predicted octanol–water partition coefficient (Wildman–Crippen LogP) is 4.55. The molecule has 5 aromatic rings. The summed E-state index contributed by atoms with van der Waals surface area (Å²) in [6.07, 6.45) is 7.86. The monoisotopic (exact) mass is 532 g/mol. The molecule has 0 unspecified atom stereocenters. The average Bonchev–Trinajstić information content (AvgIpc) is 3.65. The summed E-state index contributed by atoms with van der Waals surface area (Å²) in [4.78, 5) is 41.5. The molecule has 0 radical (unpaired) electrons. The summed E-state index contributed by atoms with van der Waals surface area (Å²) in [5.74, 6) is 0.523. The van der Waals surface area contributed by atoms with Crippen LogP contribution in [0.2, 0.25) is 0 Å². The van der Waals surface area contributed by atoms with Crippen molar-refractivity contribution < 1.29 is 14.3 Å². The SMILES string of the molecule is C=NCC1(c2cccc(C(=O)Nc3cccc(Oc4ccc5nc(NC(=O)c6cncnc6)cn5n4)c3)c2)CC1. The second-order valence-corrected chi connectivity index (χ2v) is 9.51. The second kappa shape index (κ2) is 10.4. The van der Waals surface area contributed by atoms with Crippen molar-refractivity contribution in [1.29, 1.82) is 0 Å². The molecular weight excluding hydrogens is 508 g/mol. The third-order valence-corrected chi connectivity index (χ3v) is 6.68. The Morgan fingerprint density at radius 1 is 0.975 bits per heavy atom. The van der Waals surface area contributed by atoms with Gasteiger partial charge in [0.15, 0.2) is 11.5 Å². The maximum Gasteiger partial charge on any atom is 0.259 e. The molecule has 1 fully saturated rings. The van der Waals surface area contributed by atoms with Crippen LogP contribution in [0.5, 0.6) is 11.6 Å². The fraction of sp³-hybridized carbons (Fsp3) is 0.138. The summed E-state index contributed by atoms with van der Waals surface area (Å²) >= 11 is 0. The van der Waals surface area contributed by atoms with Crippen molar-refractivity contribution in [3.63, 3.8) is 0 Å². The fourth-order valence-electron chi connectivity index (χ4n) is 4.44. The van der Waals surface area contributed by atoms with Crippen LogP contribution in [0.25, 0.3) is 5.65 Å². The summed E-state index contributed by atoms with van der Waals surface area (Å²) < 4.78 is 7.44. The molecule has 0 atom stereocenters. The molecule has 40 heavy (non-hydrogen) atoms. The van der Waals surface area contributed by atoms with Gasteiger partial charge >= 0.3 is 0 Å². The Morgan fingerprint density at radius 3 is 2.58 bits per heavy atom. The maximum absolute atomic E-state index is 13.0. The van der Waals surface area contributed by atoms with Gasteiger partial charge in [0.25, 0.3) is 11.8 Å². The van der Waals surface area contributed by atoms with Crippen molar-refractivity contribution in [1.82, 2.24) is 24.6 Å². The third kappa shape index (κ3) is 5.25. The highest BCUT2D eigenvalue weighted by atomic mass is 16.5. The third-order valence-electron chi connectivity index (χ3n) is 6.68. The first-order valence-corrected chi connectivity index (χ1v) is 12.6. The number of imidazole rings is 1. The molecule has 2 N–H and O–H groups in total. The van der Waals surface area contributed by atoms with Gasteiger partial charge in [-0.15, -0.1) is 5.10 Å². The molecule has 1 aliphatic rings. The Kier molecular flexibility index (Phi) is 6.44. The number of aromatic nitrogens is 5. The summed E-state index contributed by atoms with van der Waals surface area (Å²) in [6.45, 7) is 4.29. The van der Waals surface area contributed by atoms with Gasteiger partial charge in [0, 0.05) is 47.7 Å². The van der Waals surface area contributed by atoms with E-state index in [1.807, 2.05) is 18.2 Å². The summed E-state index contributed by atoms with van der Waals surface area (Å²) in [5.41, 5.74) is 3.12. The van der Waals surface area contributed by atoms with E-state index in [0.717, 1.165) is 18.4 Å². The number of hydrogen-bond acceptors (Lipinski definition) is 8. The number of ether oxygens (including phenoxy) is 1. The first kappa shape index (κ1) is 24.9. The summed E-state index contributed by atoms with van der Waals surface area (Å²) in [6, 6.07) is 18.1. The van der Waals surface area contributed by atoms with E-state index in [0.29, 0.717) is 46.5 Å². The molecule has 11 heteroatoms. The lowest BCUT2D eigenvalue weighted by Gasteiger charge is -2.14. The van der Waals surface area contributed by atoms with Crippen molar-refractivity contribution in [2.75, 3.05) is 17.2 Å². The number of aliphatic imine (C=N–C) groups is 1. The summed E-state index contributed by atoms with van der Waals surface area (Å²) in [7, 11) is 0. The van der Waals surface area contributed by atoms with Gasteiger partial charge in [-0.25, -0.2) is 19.5 Å². The molecule has 0 aliphatic heterocycles. The zero-order valence-electron chi connectivity index (χ0n) is 21.3. The van der Waals surface area contributed by atoms with E-state index < -0.39 is 0 Å². The highest BCUT2D eigenvalue weighted by molar-refractivity contribution is 6.04. The number of anilines is 2. The highest BCUT2D eigenvalue weighted by Crippen LogP contribution is 2.48. The molecule has 3 aromatic heterocycles. The molecule has 11 nitrogen and oxygen atoms in total. The molecular formula is C29H24N8O3. The van der Waals surface area contributed by atoms with Gasteiger partial charge in [0.1, 0.15) is 12.1 Å². The molecule has 1 saturated carbocycles. The lowest BCUT2D eigenvalue weighted by Crippen LogP contribution is -2.15. The van der Waals surface area contributed by atoms with Crippen molar-refractivity contribution in [3.8, 4) is 11.6 Å². The van der Waals surface area contributed by atoms with Gasteiger partial charge in [-0.2, -0.15) is 0 Å². The van der Waals surface area contributed by atoms with Crippen LogP contribution in [0.3, 0.4) is 0 Å². The van der Waals surface area contributed by atoms with E-state index in [9.17, 15) is 9.59 Å². The number of carbonyl (C=O) groups excluding carboxylic acids is 2. The second-order valence-electron chi connectivity index (χ2n) is 9.51. The van der Waals surface area contributed by atoms with Crippen LogP contribution in [0.15, 0.2) is 90.6 Å². The van der Waals surface area contributed by atoms with Crippen LogP contribution in [0.1, 0.15) is 39.1 Å². The molecule has 0 saturated heterocycles. The van der Waals surface area contributed by atoms with Crippen molar-refractivity contribution >= 4 is 35.7 Å². The van der Waals surface area contributed by atoms with Crippen molar-refractivity contribution in [2.45, 2.75) is 18.3 Å². The highest BCUT2D eigenvalue weighted by Gasteiger charge is 2.44. The number of amides is 2. The molecule has 1 aliphatic carbocycles. The maximum atomic E-state index is 13.0. The first-order valence-electron chi connectivity index (χ1n) is 12.6. The average molecular weight is 533 g/mol. The lowest BCUT2D eigenvalue weighted by molar-refractivity contribution is 0.101.